The molecule has 0 saturated heterocycles. The molecule has 2 rings (SSSR count). The van der Waals surface area contributed by atoms with Gasteiger partial charge in [-0.15, -0.1) is 22.7 Å². The average Bonchev–Trinajstić information content (AvgIpc) is 2.99. The van der Waals surface area contributed by atoms with Crippen molar-refractivity contribution in [1.82, 2.24) is 9.97 Å². The van der Waals surface area contributed by atoms with Crippen molar-refractivity contribution < 1.29 is 14.3 Å². The number of carbonyl (C=O) groups excluding carboxylic acids is 2. The molecule has 2 amide bonds. The number of nitrogens with one attached hydrogen (secondary N) is 2. The van der Waals surface area contributed by atoms with Gasteiger partial charge in [0.05, 0.1) is 18.7 Å². The number of ether oxygens (including phenoxy) is 1. The first-order valence-electron chi connectivity index (χ1n) is 6.17. The molecule has 112 valence electrons. The van der Waals surface area contributed by atoms with E-state index in [1.165, 1.54) is 22.7 Å². The van der Waals surface area contributed by atoms with Gasteiger partial charge in [0.15, 0.2) is 10.3 Å². The summed E-state index contributed by atoms with van der Waals surface area (Å²) in [6.07, 6.45) is 1.27. The minimum atomic E-state index is -0.555. The van der Waals surface area contributed by atoms with Crippen LogP contribution in [-0.2, 0) is 16.0 Å². The highest BCUT2D eigenvalue weighted by Gasteiger charge is 2.11. The minimum absolute atomic E-state index is 0.125. The Kier molecular flexibility index (Phi) is 5.23. The van der Waals surface area contributed by atoms with Gasteiger partial charge >= 0.3 is 6.09 Å². The number of aryl methyl sites for hydroxylation is 1. The fraction of sp³-hybridized carbons (Fsp3) is 0.333. The van der Waals surface area contributed by atoms with Crippen LogP contribution in [0.25, 0.3) is 0 Å². The van der Waals surface area contributed by atoms with Gasteiger partial charge in [0, 0.05) is 16.5 Å². The topological polar surface area (TPSA) is 93.2 Å². The molecule has 2 heterocycles. The number of anilines is 2. The molecule has 2 aromatic heterocycles. The third kappa shape index (κ3) is 4.80. The highest BCUT2D eigenvalue weighted by Crippen LogP contribution is 2.18. The second kappa shape index (κ2) is 7.14. The molecule has 0 aliphatic heterocycles. The molecule has 2 N–H and O–H groups in total. The smallest absolute Gasteiger partial charge is 0.413 e. The highest BCUT2D eigenvalue weighted by atomic mass is 32.1. The van der Waals surface area contributed by atoms with Gasteiger partial charge < -0.3 is 10.1 Å². The summed E-state index contributed by atoms with van der Waals surface area (Å²) in [5.41, 5.74) is 0.581. The molecule has 0 saturated carbocycles. The van der Waals surface area contributed by atoms with Crippen LogP contribution in [0.4, 0.5) is 15.1 Å². The Morgan fingerprint density at radius 3 is 2.81 bits per heavy atom. The van der Waals surface area contributed by atoms with Gasteiger partial charge in [0.1, 0.15) is 0 Å². The quantitative estimate of drug-likeness (QED) is 0.881. The molecule has 0 unspecified atom stereocenters. The number of hydrogen-bond acceptors (Lipinski definition) is 7. The molecule has 0 bridgehead atoms. The monoisotopic (exact) mass is 326 g/mol. The molecule has 9 heteroatoms. The molecule has 0 radical (unpaired) electrons. The van der Waals surface area contributed by atoms with E-state index in [0.29, 0.717) is 22.6 Å². The van der Waals surface area contributed by atoms with Gasteiger partial charge in [-0.3, -0.25) is 10.1 Å². The lowest BCUT2D eigenvalue weighted by molar-refractivity contribution is -0.115. The summed E-state index contributed by atoms with van der Waals surface area (Å²) in [4.78, 5) is 32.3. The maximum atomic E-state index is 11.8. The Hall–Kier alpha value is -2.00. The summed E-state index contributed by atoms with van der Waals surface area (Å²) < 4.78 is 4.75. The van der Waals surface area contributed by atoms with E-state index in [4.69, 9.17) is 4.74 Å². The van der Waals surface area contributed by atoms with Crippen LogP contribution in [0.1, 0.15) is 17.5 Å². The van der Waals surface area contributed by atoms with Crippen molar-refractivity contribution in [2.45, 2.75) is 20.3 Å². The SMILES string of the molecule is CCOC(=O)Nc1nc(CC(=O)Nc2ncc(C)s2)cs1. The Morgan fingerprint density at radius 1 is 1.33 bits per heavy atom. The average molecular weight is 326 g/mol. The Morgan fingerprint density at radius 2 is 2.14 bits per heavy atom. The molecule has 0 spiro atoms. The fourth-order valence-corrected chi connectivity index (χ4v) is 2.82. The number of nitrogens with zero attached hydrogens (tertiary/aromatic N) is 2. The number of aromatic nitrogens is 2. The zero-order chi connectivity index (χ0) is 15.2. The van der Waals surface area contributed by atoms with E-state index in [9.17, 15) is 9.59 Å². The standard InChI is InChI=1S/C12H14N4O3S2/c1-3-19-12(18)16-11-14-8(6-20-11)4-9(17)15-10-13-5-7(2)21-10/h5-6H,3-4H2,1-2H3,(H,13,15,17)(H,14,16,18). The van der Waals surface area contributed by atoms with E-state index >= 15 is 0 Å². The third-order valence-electron chi connectivity index (χ3n) is 2.25. The van der Waals surface area contributed by atoms with Crippen LogP contribution in [0.15, 0.2) is 11.6 Å². The maximum absolute atomic E-state index is 11.8. The number of carbonyl (C=O) groups is 2. The molecule has 0 aliphatic carbocycles. The summed E-state index contributed by atoms with van der Waals surface area (Å²) in [6, 6.07) is 0. The summed E-state index contributed by atoms with van der Waals surface area (Å²) in [5, 5.41) is 7.88. The number of amides is 2. The lowest BCUT2D eigenvalue weighted by atomic mass is 10.3. The number of rotatable bonds is 5. The van der Waals surface area contributed by atoms with E-state index in [1.54, 1.807) is 18.5 Å². The van der Waals surface area contributed by atoms with E-state index in [-0.39, 0.29) is 12.3 Å². The van der Waals surface area contributed by atoms with Crippen LogP contribution < -0.4 is 10.6 Å². The van der Waals surface area contributed by atoms with Crippen LogP contribution in [-0.4, -0.2) is 28.6 Å². The molecule has 0 aliphatic rings. The van der Waals surface area contributed by atoms with Crippen molar-refractivity contribution in [2.24, 2.45) is 0 Å². The first-order chi connectivity index (χ1) is 10.1. The van der Waals surface area contributed by atoms with Gasteiger partial charge in [-0.05, 0) is 13.8 Å². The predicted octanol–water partition coefficient (Wildman–Crippen LogP) is 2.66. The van der Waals surface area contributed by atoms with E-state index in [2.05, 4.69) is 20.6 Å². The second-order valence-corrected chi connectivity index (χ2v) is 6.08. The first kappa shape index (κ1) is 15.4. The van der Waals surface area contributed by atoms with E-state index in [0.717, 1.165) is 4.88 Å². The molecule has 0 fully saturated rings. The van der Waals surface area contributed by atoms with Crippen molar-refractivity contribution in [2.75, 3.05) is 17.2 Å². The number of hydrogen-bond donors (Lipinski definition) is 2. The zero-order valence-corrected chi connectivity index (χ0v) is 13.1. The molecule has 0 atom stereocenters. The van der Waals surface area contributed by atoms with E-state index < -0.39 is 6.09 Å². The summed E-state index contributed by atoms with van der Waals surface area (Å²) in [7, 11) is 0. The highest BCUT2D eigenvalue weighted by molar-refractivity contribution is 7.15. The van der Waals surface area contributed by atoms with Crippen LogP contribution in [0.3, 0.4) is 0 Å². The normalized spacial score (nSPS) is 10.2. The van der Waals surface area contributed by atoms with Gasteiger partial charge in [0.25, 0.3) is 0 Å². The Balaban J connectivity index is 1.87. The fourth-order valence-electron chi connectivity index (χ4n) is 1.44. The maximum Gasteiger partial charge on any atom is 0.413 e. The van der Waals surface area contributed by atoms with Crippen molar-refractivity contribution in [1.29, 1.82) is 0 Å². The molecular formula is C12H14N4O3S2. The van der Waals surface area contributed by atoms with Crippen molar-refractivity contribution >= 4 is 44.9 Å². The molecule has 7 nitrogen and oxygen atoms in total. The third-order valence-corrected chi connectivity index (χ3v) is 3.88. The molecule has 2 aromatic rings. The van der Waals surface area contributed by atoms with Gasteiger partial charge in [-0.2, -0.15) is 0 Å². The van der Waals surface area contributed by atoms with Gasteiger partial charge in [0.2, 0.25) is 5.91 Å². The number of thiazole rings is 2. The first-order valence-corrected chi connectivity index (χ1v) is 7.87. The lowest BCUT2D eigenvalue weighted by Gasteiger charge is -2.01. The van der Waals surface area contributed by atoms with Crippen LogP contribution >= 0.6 is 22.7 Å². The van der Waals surface area contributed by atoms with Crippen LogP contribution in [0.2, 0.25) is 0 Å². The van der Waals surface area contributed by atoms with Crippen molar-refractivity contribution in [3.63, 3.8) is 0 Å². The largest absolute Gasteiger partial charge is 0.450 e. The predicted molar refractivity (Wildman–Crippen MR) is 81.9 cm³/mol. The molecular weight excluding hydrogens is 312 g/mol. The molecule has 21 heavy (non-hydrogen) atoms. The summed E-state index contributed by atoms with van der Waals surface area (Å²) in [5.74, 6) is -0.197. The second-order valence-electron chi connectivity index (χ2n) is 3.99. The summed E-state index contributed by atoms with van der Waals surface area (Å²) >= 11 is 2.65. The zero-order valence-electron chi connectivity index (χ0n) is 11.5. The lowest BCUT2D eigenvalue weighted by Crippen LogP contribution is -2.15. The van der Waals surface area contributed by atoms with Crippen LogP contribution in [0, 0.1) is 6.92 Å². The van der Waals surface area contributed by atoms with E-state index in [1.807, 2.05) is 6.92 Å². The summed E-state index contributed by atoms with van der Waals surface area (Å²) in [6.45, 7) is 3.93. The van der Waals surface area contributed by atoms with Crippen LogP contribution in [0.5, 0.6) is 0 Å². The Labute approximate surface area is 129 Å². The minimum Gasteiger partial charge on any atom is -0.450 e. The van der Waals surface area contributed by atoms with Crippen molar-refractivity contribution in [3.8, 4) is 0 Å². The van der Waals surface area contributed by atoms with Gasteiger partial charge in [-0.25, -0.2) is 14.8 Å². The molecule has 0 aromatic carbocycles. The Bertz CT molecular complexity index is 638. The van der Waals surface area contributed by atoms with Gasteiger partial charge in [-0.1, -0.05) is 0 Å². The van der Waals surface area contributed by atoms with Crippen molar-refractivity contribution in [3.05, 3.63) is 22.1 Å².